The molecule has 0 saturated carbocycles. The summed E-state index contributed by atoms with van der Waals surface area (Å²) < 4.78 is 0. The van der Waals surface area contributed by atoms with E-state index in [0.29, 0.717) is 0 Å². The predicted molar refractivity (Wildman–Crippen MR) is 80.7 cm³/mol. The molecule has 1 aromatic rings. The highest BCUT2D eigenvalue weighted by Gasteiger charge is 2.37. The summed E-state index contributed by atoms with van der Waals surface area (Å²) in [5, 5.41) is 2.70. The lowest BCUT2D eigenvalue weighted by Gasteiger charge is -2.39. The molecule has 3 aliphatic rings. The molecule has 1 spiro atoms. The zero-order valence-corrected chi connectivity index (χ0v) is 11.1. The van der Waals surface area contributed by atoms with Gasteiger partial charge in [0, 0.05) is 5.41 Å². The van der Waals surface area contributed by atoms with Crippen LogP contribution in [0.25, 0.3) is 12.2 Å². The van der Waals surface area contributed by atoms with Crippen LogP contribution in [0.1, 0.15) is 13.3 Å². The molecule has 0 amide bonds. The molecule has 0 aliphatic heterocycles. The van der Waals surface area contributed by atoms with Gasteiger partial charge in [-0.15, -0.1) is 0 Å². The Morgan fingerprint density at radius 3 is 2.79 bits per heavy atom. The van der Waals surface area contributed by atoms with Crippen molar-refractivity contribution in [1.82, 2.24) is 0 Å². The zero-order chi connectivity index (χ0) is 12.9. The maximum atomic E-state index is 2.46. The standard InChI is InChI=1S/C19H16/c1-14-9-10-17-8-4-5-11-19(17)13-16-7-3-2-6-15(16)12-18(14)19/h2-10,12-13H,11H2,1H3. The zero-order valence-electron chi connectivity index (χ0n) is 11.1. The Morgan fingerprint density at radius 2 is 1.89 bits per heavy atom. The van der Waals surface area contributed by atoms with Crippen molar-refractivity contribution >= 4 is 12.2 Å². The van der Waals surface area contributed by atoms with Crippen molar-refractivity contribution in [3.63, 3.8) is 0 Å². The molecule has 0 nitrogen and oxygen atoms in total. The molecule has 0 heteroatoms. The summed E-state index contributed by atoms with van der Waals surface area (Å²) in [6, 6.07) is 8.68. The lowest BCUT2D eigenvalue weighted by Crippen LogP contribution is -2.38. The quantitative estimate of drug-likeness (QED) is 0.658. The van der Waals surface area contributed by atoms with E-state index in [1.807, 2.05) is 0 Å². The fourth-order valence-electron chi connectivity index (χ4n) is 3.48. The molecule has 3 aliphatic carbocycles. The van der Waals surface area contributed by atoms with E-state index in [2.05, 4.69) is 73.7 Å². The first kappa shape index (κ1) is 10.8. The topological polar surface area (TPSA) is 0 Å². The molecule has 0 heterocycles. The van der Waals surface area contributed by atoms with Gasteiger partial charge in [0.1, 0.15) is 0 Å². The maximum Gasteiger partial charge on any atom is 0.0428 e. The molecule has 0 bridgehead atoms. The van der Waals surface area contributed by atoms with Gasteiger partial charge in [0.25, 0.3) is 0 Å². The third-order valence-electron chi connectivity index (χ3n) is 4.48. The predicted octanol–water partition coefficient (Wildman–Crippen LogP) is 3.02. The first-order valence-corrected chi connectivity index (χ1v) is 6.86. The third kappa shape index (κ3) is 1.40. The van der Waals surface area contributed by atoms with Crippen molar-refractivity contribution in [3.05, 3.63) is 81.8 Å². The molecular weight excluding hydrogens is 228 g/mol. The lowest BCUT2D eigenvalue weighted by atomic mass is 9.63. The van der Waals surface area contributed by atoms with Crippen molar-refractivity contribution in [3.8, 4) is 0 Å². The molecule has 4 rings (SSSR count). The third-order valence-corrected chi connectivity index (χ3v) is 4.48. The number of allylic oxidation sites excluding steroid dienone is 8. The Morgan fingerprint density at radius 1 is 1.05 bits per heavy atom. The van der Waals surface area contributed by atoms with Crippen molar-refractivity contribution in [2.75, 3.05) is 0 Å². The van der Waals surface area contributed by atoms with E-state index >= 15 is 0 Å². The molecule has 0 radical (unpaired) electrons. The molecule has 0 saturated heterocycles. The molecule has 1 atom stereocenters. The highest BCUT2D eigenvalue weighted by atomic mass is 14.4. The average molecular weight is 244 g/mol. The van der Waals surface area contributed by atoms with Crippen LogP contribution in [0.15, 0.2) is 71.4 Å². The van der Waals surface area contributed by atoms with Crippen molar-refractivity contribution in [1.29, 1.82) is 0 Å². The lowest BCUT2D eigenvalue weighted by molar-refractivity contribution is 0.607. The van der Waals surface area contributed by atoms with E-state index in [-0.39, 0.29) is 5.41 Å². The Hall–Kier alpha value is -2.08. The minimum atomic E-state index is 0.0714. The fourth-order valence-corrected chi connectivity index (χ4v) is 3.48. The molecule has 19 heavy (non-hydrogen) atoms. The highest BCUT2D eigenvalue weighted by Crippen LogP contribution is 2.49. The van der Waals surface area contributed by atoms with Gasteiger partial charge in [0.2, 0.25) is 0 Å². The summed E-state index contributed by atoms with van der Waals surface area (Å²) in [5.74, 6) is 0. The van der Waals surface area contributed by atoms with Crippen LogP contribution in [0.4, 0.5) is 0 Å². The Bertz CT molecular complexity index is 797. The van der Waals surface area contributed by atoms with Gasteiger partial charge < -0.3 is 0 Å². The van der Waals surface area contributed by atoms with Crippen LogP contribution < -0.4 is 10.4 Å². The van der Waals surface area contributed by atoms with Crippen molar-refractivity contribution < 1.29 is 0 Å². The average Bonchev–Trinajstić information content (AvgIpc) is 2.45. The number of rotatable bonds is 0. The molecule has 0 aromatic heterocycles. The van der Waals surface area contributed by atoms with Gasteiger partial charge >= 0.3 is 0 Å². The Balaban J connectivity index is 2.13. The van der Waals surface area contributed by atoms with Crippen LogP contribution in [-0.2, 0) is 0 Å². The monoisotopic (exact) mass is 244 g/mol. The Kier molecular flexibility index (Phi) is 2.11. The summed E-state index contributed by atoms with van der Waals surface area (Å²) in [4.78, 5) is 0. The number of fused-ring (bicyclic) bond motifs is 1. The normalized spacial score (nSPS) is 26.7. The van der Waals surface area contributed by atoms with E-state index in [9.17, 15) is 0 Å². The maximum absolute atomic E-state index is 2.46. The summed E-state index contributed by atoms with van der Waals surface area (Å²) in [5.41, 5.74) is 4.34. The molecule has 0 fully saturated rings. The van der Waals surface area contributed by atoms with E-state index < -0.39 is 0 Å². The van der Waals surface area contributed by atoms with Gasteiger partial charge in [-0.25, -0.2) is 0 Å². The summed E-state index contributed by atoms with van der Waals surface area (Å²) in [7, 11) is 0. The van der Waals surface area contributed by atoms with Gasteiger partial charge in [-0.3, -0.25) is 0 Å². The molecule has 92 valence electrons. The van der Waals surface area contributed by atoms with E-state index in [4.69, 9.17) is 0 Å². The molecule has 1 unspecified atom stereocenters. The highest BCUT2D eigenvalue weighted by molar-refractivity contribution is 5.73. The van der Waals surface area contributed by atoms with Gasteiger partial charge in [-0.2, -0.15) is 0 Å². The minimum Gasteiger partial charge on any atom is -0.0830 e. The molecule has 1 aromatic carbocycles. The second-order valence-electron chi connectivity index (χ2n) is 5.57. The van der Waals surface area contributed by atoms with E-state index in [1.54, 1.807) is 0 Å². The van der Waals surface area contributed by atoms with Crippen LogP contribution >= 0.6 is 0 Å². The van der Waals surface area contributed by atoms with Crippen LogP contribution in [0, 0.1) is 5.41 Å². The van der Waals surface area contributed by atoms with Gasteiger partial charge in [-0.1, -0.05) is 60.7 Å². The molecular formula is C19H16. The van der Waals surface area contributed by atoms with Crippen molar-refractivity contribution in [2.24, 2.45) is 5.41 Å². The first-order chi connectivity index (χ1) is 9.29. The summed E-state index contributed by atoms with van der Waals surface area (Å²) in [6.07, 6.45) is 17.1. The van der Waals surface area contributed by atoms with Crippen LogP contribution in [0.3, 0.4) is 0 Å². The largest absolute Gasteiger partial charge is 0.0830 e. The first-order valence-electron chi connectivity index (χ1n) is 6.86. The Labute approximate surface area is 113 Å². The van der Waals surface area contributed by atoms with Crippen LogP contribution in [0.5, 0.6) is 0 Å². The second-order valence-corrected chi connectivity index (χ2v) is 5.57. The fraction of sp³-hybridized carbons (Fsp3) is 0.158. The van der Waals surface area contributed by atoms with Crippen LogP contribution in [-0.4, -0.2) is 0 Å². The van der Waals surface area contributed by atoms with E-state index in [1.165, 1.54) is 27.2 Å². The SMILES string of the molecule is CC1=C2C=c3ccccc3=CC23CC=CC=C3C=C1. The minimum absolute atomic E-state index is 0.0714. The summed E-state index contributed by atoms with van der Waals surface area (Å²) >= 11 is 0. The number of hydrogen-bond acceptors (Lipinski definition) is 0. The molecule has 0 N–H and O–H groups in total. The van der Waals surface area contributed by atoms with E-state index in [0.717, 1.165) is 6.42 Å². The smallest absolute Gasteiger partial charge is 0.0428 e. The number of hydrogen-bond donors (Lipinski definition) is 0. The van der Waals surface area contributed by atoms with Gasteiger partial charge in [0.05, 0.1) is 0 Å². The summed E-state index contributed by atoms with van der Waals surface area (Å²) in [6.45, 7) is 2.22. The van der Waals surface area contributed by atoms with Gasteiger partial charge in [0.15, 0.2) is 0 Å². The second kappa shape index (κ2) is 3.71. The van der Waals surface area contributed by atoms with Crippen molar-refractivity contribution in [2.45, 2.75) is 13.3 Å². The number of benzene rings is 1. The van der Waals surface area contributed by atoms with Gasteiger partial charge in [-0.05, 0) is 46.6 Å². The van der Waals surface area contributed by atoms with Crippen LogP contribution in [0.2, 0.25) is 0 Å².